The Morgan fingerprint density at radius 1 is 0.625 bits per heavy atom. The summed E-state index contributed by atoms with van der Waals surface area (Å²) in [5.41, 5.74) is 2.10. The molecule has 2 unspecified atom stereocenters. The molecule has 2 atom stereocenters. The molecule has 0 saturated heterocycles. The predicted octanol–water partition coefficient (Wildman–Crippen LogP) is 5.80. The van der Waals surface area contributed by atoms with Gasteiger partial charge in [-0.1, -0.05) is 86.4 Å². The molecule has 2 amide bonds. The molecule has 3 rings (SSSR count). The van der Waals surface area contributed by atoms with Crippen LogP contribution in [0.25, 0.3) is 0 Å². The molecule has 0 N–H and O–H groups in total. The summed E-state index contributed by atoms with van der Waals surface area (Å²) in [7, 11) is 1.46. The van der Waals surface area contributed by atoms with Crippen LogP contribution in [0.4, 0.5) is 11.4 Å². The first-order valence-corrected chi connectivity index (χ1v) is 14.5. The number of hydrogen-bond donors (Lipinski definition) is 0. The molecule has 0 aromatic heterocycles. The second-order valence-corrected chi connectivity index (χ2v) is 14.6. The summed E-state index contributed by atoms with van der Waals surface area (Å²) in [4.78, 5) is 31.3. The second-order valence-electron chi connectivity index (χ2n) is 9.20. The zero-order chi connectivity index (χ0) is 23.3. The van der Waals surface area contributed by atoms with Crippen molar-refractivity contribution in [3.8, 4) is 0 Å². The number of hydrogen-bond acceptors (Lipinski definition) is 2. The van der Waals surface area contributed by atoms with E-state index in [0.717, 1.165) is 16.9 Å². The van der Waals surface area contributed by atoms with Gasteiger partial charge in [0.1, 0.15) is 0 Å². The SMILES string of the molecule is CN(C(=O)C(c1ccccc1)C(C(=O)N(C)c1ccccc1)[Si](C)(C)C)c1ccccc1. The Morgan fingerprint density at radius 2 is 1.00 bits per heavy atom. The molecule has 5 heteroatoms. The van der Waals surface area contributed by atoms with Gasteiger partial charge in [0.15, 0.2) is 0 Å². The van der Waals surface area contributed by atoms with Crippen molar-refractivity contribution < 1.29 is 9.59 Å². The third kappa shape index (κ3) is 5.17. The minimum Gasteiger partial charge on any atom is -0.315 e. The van der Waals surface area contributed by atoms with Gasteiger partial charge in [0.05, 0.1) is 14.0 Å². The first-order valence-electron chi connectivity index (χ1n) is 10.9. The van der Waals surface area contributed by atoms with Gasteiger partial charge in [0, 0.05) is 31.0 Å². The lowest BCUT2D eigenvalue weighted by Gasteiger charge is -2.38. The molecule has 0 aliphatic carbocycles. The molecule has 0 heterocycles. The van der Waals surface area contributed by atoms with E-state index in [9.17, 15) is 9.59 Å². The first-order chi connectivity index (χ1) is 15.2. The summed E-state index contributed by atoms with van der Waals surface area (Å²) < 4.78 is 0. The van der Waals surface area contributed by atoms with E-state index in [1.807, 2.05) is 91.0 Å². The number of rotatable bonds is 7. The van der Waals surface area contributed by atoms with E-state index < -0.39 is 19.5 Å². The first kappa shape index (κ1) is 23.5. The van der Waals surface area contributed by atoms with Gasteiger partial charge >= 0.3 is 0 Å². The van der Waals surface area contributed by atoms with Crippen LogP contribution in [0.2, 0.25) is 25.2 Å². The average molecular weight is 445 g/mol. The standard InChI is InChI=1S/C27H32N2O2Si/c1-28(22-17-11-7-12-18-22)26(30)24(21-15-9-6-10-16-21)25(32(3,4)5)27(31)29(2)23-19-13-8-14-20-23/h6-20,24-25H,1-5H3. The van der Waals surface area contributed by atoms with E-state index in [-0.39, 0.29) is 11.8 Å². The molecule has 166 valence electrons. The average Bonchev–Trinajstić information content (AvgIpc) is 2.81. The van der Waals surface area contributed by atoms with Crippen LogP contribution in [0, 0.1) is 0 Å². The quantitative estimate of drug-likeness (QED) is 0.432. The molecule has 4 nitrogen and oxygen atoms in total. The van der Waals surface area contributed by atoms with Crippen LogP contribution >= 0.6 is 0 Å². The fourth-order valence-electron chi connectivity index (χ4n) is 4.13. The van der Waals surface area contributed by atoms with Gasteiger partial charge in [-0.05, 0) is 29.8 Å². The van der Waals surface area contributed by atoms with E-state index in [2.05, 4.69) is 19.6 Å². The van der Waals surface area contributed by atoms with E-state index in [4.69, 9.17) is 0 Å². The molecule has 0 radical (unpaired) electrons. The lowest BCUT2D eigenvalue weighted by Crippen LogP contribution is -2.48. The maximum atomic E-state index is 14.0. The fourth-order valence-corrected chi connectivity index (χ4v) is 6.40. The molecular formula is C27H32N2O2Si. The number of para-hydroxylation sites is 2. The third-order valence-corrected chi connectivity index (χ3v) is 8.35. The number of anilines is 2. The largest absolute Gasteiger partial charge is 0.315 e. The van der Waals surface area contributed by atoms with Crippen LogP contribution < -0.4 is 9.80 Å². The normalized spacial score (nSPS) is 13.2. The summed E-state index contributed by atoms with van der Waals surface area (Å²) in [6.07, 6.45) is 0. The molecule has 3 aromatic rings. The Bertz CT molecular complexity index is 1030. The summed E-state index contributed by atoms with van der Waals surface area (Å²) in [6.45, 7) is 6.50. The topological polar surface area (TPSA) is 40.6 Å². The molecule has 0 aliphatic rings. The molecule has 0 bridgehead atoms. The lowest BCUT2D eigenvalue weighted by molar-refractivity contribution is -0.125. The molecule has 32 heavy (non-hydrogen) atoms. The van der Waals surface area contributed by atoms with Gasteiger partial charge in [0.25, 0.3) is 0 Å². The maximum absolute atomic E-state index is 14.0. The van der Waals surface area contributed by atoms with Crippen LogP contribution in [0.3, 0.4) is 0 Å². The predicted molar refractivity (Wildman–Crippen MR) is 136 cm³/mol. The fraction of sp³-hybridized carbons (Fsp3) is 0.259. The van der Waals surface area contributed by atoms with Crippen molar-refractivity contribution in [2.75, 3.05) is 23.9 Å². The molecule has 3 aromatic carbocycles. The van der Waals surface area contributed by atoms with Gasteiger partial charge in [0.2, 0.25) is 11.8 Å². The van der Waals surface area contributed by atoms with Crippen LogP contribution in [0.5, 0.6) is 0 Å². The van der Waals surface area contributed by atoms with Gasteiger partial charge in [-0.15, -0.1) is 0 Å². The smallest absolute Gasteiger partial charge is 0.234 e. The minimum atomic E-state index is -2.14. The van der Waals surface area contributed by atoms with E-state index >= 15 is 0 Å². The van der Waals surface area contributed by atoms with Gasteiger partial charge in [-0.2, -0.15) is 0 Å². The Labute approximate surface area is 192 Å². The molecule has 0 fully saturated rings. The minimum absolute atomic E-state index is 0.0148. The lowest BCUT2D eigenvalue weighted by atomic mass is 9.92. The maximum Gasteiger partial charge on any atom is 0.234 e. The van der Waals surface area contributed by atoms with Crippen LogP contribution in [0.1, 0.15) is 11.5 Å². The summed E-state index contributed by atoms with van der Waals surface area (Å²) in [6, 6.07) is 29.0. The summed E-state index contributed by atoms with van der Waals surface area (Å²) in [5.74, 6) is -0.643. The number of carbonyl (C=O) groups excluding carboxylic acids is 2. The number of likely N-dealkylation sites (N-methyl/N-ethyl adjacent to an activating group) is 1. The van der Waals surface area contributed by atoms with Crippen molar-refractivity contribution >= 4 is 31.3 Å². The monoisotopic (exact) mass is 444 g/mol. The Balaban J connectivity index is 2.09. The van der Waals surface area contributed by atoms with Gasteiger partial charge in [-0.3, -0.25) is 9.59 Å². The number of carbonyl (C=O) groups is 2. The van der Waals surface area contributed by atoms with Crippen LogP contribution in [0.15, 0.2) is 91.0 Å². The number of amides is 2. The van der Waals surface area contributed by atoms with Gasteiger partial charge in [-0.25, -0.2) is 0 Å². The summed E-state index contributed by atoms with van der Waals surface area (Å²) in [5, 5.41) is 0. The van der Waals surface area contributed by atoms with E-state index in [0.29, 0.717) is 0 Å². The summed E-state index contributed by atoms with van der Waals surface area (Å²) >= 11 is 0. The van der Waals surface area contributed by atoms with Crippen molar-refractivity contribution in [2.45, 2.75) is 31.1 Å². The van der Waals surface area contributed by atoms with Gasteiger partial charge < -0.3 is 9.80 Å². The van der Waals surface area contributed by atoms with Crippen molar-refractivity contribution in [1.82, 2.24) is 0 Å². The molecule has 0 saturated carbocycles. The van der Waals surface area contributed by atoms with Crippen molar-refractivity contribution in [2.24, 2.45) is 0 Å². The Kier molecular flexibility index (Phi) is 7.31. The second kappa shape index (κ2) is 9.96. The Morgan fingerprint density at radius 3 is 1.41 bits per heavy atom. The zero-order valence-corrected chi connectivity index (χ0v) is 20.5. The van der Waals surface area contributed by atoms with E-state index in [1.165, 1.54) is 0 Å². The van der Waals surface area contributed by atoms with Crippen LogP contribution in [-0.2, 0) is 9.59 Å². The highest BCUT2D eigenvalue weighted by Crippen LogP contribution is 2.41. The Hall–Kier alpha value is -3.18. The van der Waals surface area contributed by atoms with E-state index in [1.54, 1.807) is 23.9 Å². The highest BCUT2D eigenvalue weighted by Gasteiger charge is 2.45. The van der Waals surface area contributed by atoms with Crippen molar-refractivity contribution in [3.05, 3.63) is 96.6 Å². The number of benzene rings is 3. The zero-order valence-electron chi connectivity index (χ0n) is 19.5. The highest BCUT2D eigenvalue weighted by atomic mass is 28.3. The molecule has 0 spiro atoms. The molecule has 0 aliphatic heterocycles. The van der Waals surface area contributed by atoms with Crippen LogP contribution in [-0.4, -0.2) is 34.0 Å². The third-order valence-electron chi connectivity index (χ3n) is 5.91. The van der Waals surface area contributed by atoms with Crippen molar-refractivity contribution in [1.29, 1.82) is 0 Å². The molecular weight excluding hydrogens is 412 g/mol. The van der Waals surface area contributed by atoms with Crippen molar-refractivity contribution in [3.63, 3.8) is 0 Å². The highest BCUT2D eigenvalue weighted by molar-refractivity contribution is 6.81. The number of nitrogens with zero attached hydrogens (tertiary/aromatic N) is 2.